The summed E-state index contributed by atoms with van der Waals surface area (Å²) < 4.78 is 73.7. The molecule has 0 spiro atoms. The zero-order valence-corrected chi connectivity index (χ0v) is 22.2. The zero-order chi connectivity index (χ0) is 28.4. The fraction of sp³-hybridized carbons (Fsp3) is 0.370. The molecule has 2 aromatic carbocycles. The van der Waals surface area contributed by atoms with Crippen LogP contribution in [0.5, 0.6) is 0 Å². The number of halogens is 5. The molecular formula is C27H25F5N4O2S. The molecule has 2 aliphatic rings. The first-order valence-electron chi connectivity index (χ1n) is 12.3. The van der Waals surface area contributed by atoms with Gasteiger partial charge in [-0.2, -0.15) is 18.2 Å². The molecule has 206 valence electrons. The highest BCUT2D eigenvalue weighted by molar-refractivity contribution is 7.99. The van der Waals surface area contributed by atoms with Crippen molar-refractivity contribution in [3.8, 4) is 11.1 Å². The van der Waals surface area contributed by atoms with E-state index < -0.39 is 40.2 Å². The Morgan fingerprint density at radius 1 is 1.10 bits per heavy atom. The van der Waals surface area contributed by atoms with Crippen LogP contribution < -0.4 is 10.6 Å². The van der Waals surface area contributed by atoms with E-state index in [9.17, 15) is 31.5 Å². The van der Waals surface area contributed by atoms with Crippen LogP contribution in [0.4, 0.5) is 27.8 Å². The lowest BCUT2D eigenvalue weighted by Crippen LogP contribution is -2.58. The largest absolute Gasteiger partial charge is 0.417 e. The topological polar surface area (TPSA) is 58.4 Å². The number of rotatable bonds is 3. The lowest BCUT2D eigenvalue weighted by molar-refractivity contribution is -0.137. The predicted octanol–water partition coefficient (Wildman–Crippen LogP) is 5.64. The molecule has 0 unspecified atom stereocenters. The Bertz CT molecular complexity index is 1560. The summed E-state index contributed by atoms with van der Waals surface area (Å²) in [5.74, 6) is -1.99. The molecule has 0 radical (unpaired) electrons. The second-order valence-corrected chi connectivity index (χ2v) is 11.0. The van der Waals surface area contributed by atoms with Crippen LogP contribution in [0.25, 0.3) is 22.0 Å². The number of carbonyl (C=O) groups excluding carboxylic acids is 1. The van der Waals surface area contributed by atoms with Gasteiger partial charge < -0.3 is 9.80 Å². The minimum absolute atomic E-state index is 0.0724. The molecule has 3 heterocycles. The van der Waals surface area contributed by atoms with E-state index >= 15 is 0 Å². The van der Waals surface area contributed by atoms with Gasteiger partial charge in [0.1, 0.15) is 17.5 Å². The quantitative estimate of drug-likeness (QED) is 0.305. The Kier molecular flexibility index (Phi) is 6.72. The first-order chi connectivity index (χ1) is 18.3. The van der Waals surface area contributed by atoms with E-state index in [0.717, 1.165) is 30.0 Å². The number of hydrogen-bond acceptors (Lipinski definition) is 5. The van der Waals surface area contributed by atoms with Gasteiger partial charge in [0.2, 0.25) is 5.91 Å². The first-order valence-corrected chi connectivity index (χ1v) is 13.3. The van der Waals surface area contributed by atoms with E-state index in [2.05, 4.69) is 11.6 Å². The maximum Gasteiger partial charge on any atom is 0.417 e. The molecule has 0 aliphatic carbocycles. The summed E-state index contributed by atoms with van der Waals surface area (Å²) in [7, 11) is 0. The number of benzene rings is 2. The second-order valence-electron chi connectivity index (χ2n) is 9.95. The van der Waals surface area contributed by atoms with Crippen molar-refractivity contribution in [1.29, 1.82) is 0 Å². The Morgan fingerprint density at radius 3 is 2.36 bits per heavy atom. The maximum absolute atomic E-state index is 14.9. The minimum Gasteiger partial charge on any atom is -0.352 e. The average molecular weight is 565 g/mol. The van der Waals surface area contributed by atoms with Gasteiger partial charge in [-0.25, -0.2) is 13.6 Å². The molecule has 5 rings (SSSR count). The normalized spacial score (nSPS) is 21.4. The molecule has 1 aromatic heterocycles. The third-order valence-corrected chi connectivity index (χ3v) is 8.54. The fourth-order valence-electron chi connectivity index (χ4n) is 5.65. The van der Waals surface area contributed by atoms with Crippen LogP contribution in [0.3, 0.4) is 0 Å². The van der Waals surface area contributed by atoms with Crippen LogP contribution in [0.2, 0.25) is 0 Å². The first kappa shape index (κ1) is 27.2. The number of thioether (sulfide) groups is 1. The van der Waals surface area contributed by atoms with Crippen LogP contribution in [0.15, 0.2) is 46.6 Å². The van der Waals surface area contributed by atoms with Crippen LogP contribution in [0, 0.1) is 11.6 Å². The third-order valence-electron chi connectivity index (χ3n) is 7.21. The number of carbonyl (C=O) groups is 1. The molecule has 0 N–H and O–H groups in total. The third kappa shape index (κ3) is 4.48. The molecule has 12 heteroatoms. The van der Waals surface area contributed by atoms with E-state index in [1.807, 2.05) is 0 Å². The van der Waals surface area contributed by atoms with Gasteiger partial charge in [0.15, 0.2) is 0 Å². The lowest BCUT2D eigenvalue weighted by atomic mass is 9.95. The Hall–Kier alpha value is -3.41. The Labute approximate surface area is 225 Å². The van der Waals surface area contributed by atoms with Gasteiger partial charge in [-0.15, -0.1) is 11.8 Å². The van der Waals surface area contributed by atoms with Crippen molar-refractivity contribution >= 4 is 34.4 Å². The highest BCUT2D eigenvalue weighted by Crippen LogP contribution is 2.50. The van der Waals surface area contributed by atoms with Gasteiger partial charge in [0.05, 0.1) is 11.1 Å². The molecule has 1 fully saturated rings. The molecule has 0 saturated carbocycles. The Balaban J connectivity index is 1.82. The highest BCUT2D eigenvalue weighted by Gasteiger charge is 2.40. The van der Waals surface area contributed by atoms with Crippen LogP contribution in [-0.4, -0.2) is 51.3 Å². The summed E-state index contributed by atoms with van der Waals surface area (Å²) in [5, 5.41) is 0.102. The van der Waals surface area contributed by atoms with E-state index in [1.165, 1.54) is 10.6 Å². The lowest BCUT2D eigenvalue weighted by Gasteiger charge is -2.45. The SMILES string of the molecule is C=CC(=O)N1[C@H](C)CN(c2nc(=O)n3c4c(c(-c5ccc(F)cc5F)c(C(F)(F)F)cc24)SC[C@@H]3C)C[C@@H]1C. The number of nitrogens with zero attached hydrogens (tertiary/aromatic N) is 4. The van der Waals surface area contributed by atoms with Crippen LogP contribution >= 0.6 is 11.8 Å². The van der Waals surface area contributed by atoms with Gasteiger partial charge in [0, 0.05) is 64.4 Å². The average Bonchev–Trinajstić information content (AvgIpc) is 2.85. The molecule has 3 atom stereocenters. The summed E-state index contributed by atoms with van der Waals surface area (Å²) in [4.78, 5) is 33.4. The smallest absolute Gasteiger partial charge is 0.352 e. The standard InChI is InChI=1S/C27H25F5N4O2S/c1-5-21(37)35-13(2)10-34(11-14(35)3)25-18-9-19(27(30,31)32)22(17-7-6-16(28)8-20(17)29)24-23(18)36(26(38)33-25)15(4)12-39-24/h5-9,13-15H,1,10-12H2,2-4H3/t13-,14+,15-/m0/s1. The van der Waals surface area contributed by atoms with Crippen molar-refractivity contribution in [2.75, 3.05) is 23.7 Å². The van der Waals surface area contributed by atoms with Crippen molar-refractivity contribution in [2.24, 2.45) is 0 Å². The predicted molar refractivity (Wildman–Crippen MR) is 140 cm³/mol. The van der Waals surface area contributed by atoms with Crippen LogP contribution in [0.1, 0.15) is 32.4 Å². The molecule has 1 saturated heterocycles. The molecule has 2 aliphatic heterocycles. The summed E-state index contributed by atoms with van der Waals surface area (Å²) >= 11 is 1.10. The summed E-state index contributed by atoms with van der Waals surface area (Å²) in [6.07, 6.45) is -3.68. The monoisotopic (exact) mass is 564 g/mol. The van der Waals surface area contributed by atoms with Gasteiger partial charge in [-0.05, 0) is 45.0 Å². The molecule has 3 aromatic rings. The van der Waals surface area contributed by atoms with Crippen molar-refractivity contribution in [2.45, 2.75) is 50.0 Å². The summed E-state index contributed by atoms with van der Waals surface area (Å²) in [6, 6.07) is 2.28. The van der Waals surface area contributed by atoms with Gasteiger partial charge in [-0.1, -0.05) is 6.58 Å². The second kappa shape index (κ2) is 9.65. The summed E-state index contributed by atoms with van der Waals surface area (Å²) in [6.45, 7) is 9.35. The number of alkyl halides is 3. The van der Waals surface area contributed by atoms with Crippen LogP contribution in [-0.2, 0) is 11.0 Å². The zero-order valence-electron chi connectivity index (χ0n) is 21.4. The van der Waals surface area contributed by atoms with E-state index in [0.29, 0.717) is 6.07 Å². The Morgan fingerprint density at radius 2 is 1.77 bits per heavy atom. The van der Waals surface area contributed by atoms with E-state index in [4.69, 9.17) is 0 Å². The number of hydrogen-bond donors (Lipinski definition) is 0. The summed E-state index contributed by atoms with van der Waals surface area (Å²) in [5.41, 5.74) is -2.35. The maximum atomic E-state index is 14.9. The number of anilines is 1. The van der Waals surface area contributed by atoms with E-state index in [1.54, 1.807) is 30.6 Å². The number of aromatic nitrogens is 2. The van der Waals surface area contributed by atoms with Gasteiger partial charge >= 0.3 is 11.9 Å². The molecular weight excluding hydrogens is 539 g/mol. The van der Waals surface area contributed by atoms with Crippen molar-refractivity contribution in [3.05, 3.63) is 64.6 Å². The molecule has 0 bridgehead atoms. The van der Waals surface area contributed by atoms with Gasteiger partial charge in [0.25, 0.3) is 0 Å². The van der Waals surface area contributed by atoms with E-state index in [-0.39, 0.29) is 64.5 Å². The minimum atomic E-state index is -4.89. The van der Waals surface area contributed by atoms with Crippen molar-refractivity contribution in [1.82, 2.24) is 14.5 Å². The highest BCUT2D eigenvalue weighted by atomic mass is 32.2. The number of amides is 1. The molecule has 1 amide bonds. The molecule has 39 heavy (non-hydrogen) atoms. The van der Waals surface area contributed by atoms with Crippen molar-refractivity contribution in [3.63, 3.8) is 0 Å². The molecule has 6 nitrogen and oxygen atoms in total. The van der Waals surface area contributed by atoms with Crippen molar-refractivity contribution < 1.29 is 26.7 Å². The number of piperazine rings is 1. The van der Waals surface area contributed by atoms with Gasteiger partial charge in [-0.3, -0.25) is 9.36 Å². The fourth-order valence-corrected chi connectivity index (χ4v) is 6.91.